The maximum Gasteiger partial charge on any atom is 0.257 e. The van der Waals surface area contributed by atoms with Crippen LogP contribution in [-0.2, 0) is 9.73 Å². The molecule has 8 heavy (non-hydrogen) atoms. The van der Waals surface area contributed by atoms with Gasteiger partial charge in [-0.2, -0.15) is 0 Å². The normalized spacial score (nSPS) is 26.6. The second-order valence-corrected chi connectivity index (χ2v) is 5.00. The molecule has 0 aromatic carbocycles. The van der Waals surface area contributed by atoms with E-state index in [1.165, 1.54) is 0 Å². The number of hydrogen-bond donors (Lipinski definition) is 0. The highest BCUT2D eigenvalue weighted by Crippen LogP contribution is 2.28. The molecule has 1 rings (SSSR count). The van der Waals surface area contributed by atoms with Gasteiger partial charge in [-0.1, -0.05) is 0 Å². The predicted molar refractivity (Wildman–Crippen MR) is 38.1 cm³/mol. The van der Waals surface area contributed by atoms with Gasteiger partial charge in [0.25, 0.3) is 7.98 Å². The highest BCUT2D eigenvalue weighted by Gasteiger charge is 2.29. The lowest BCUT2D eigenvalue weighted by molar-refractivity contribution is 0.680. The summed E-state index contributed by atoms with van der Waals surface area (Å²) >= 11 is 0. The number of rotatable bonds is 1. The van der Waals surface area contributed by atoms with Gasteiger partial charge in [0, 0.05) is 21.2 Å². The van der Waals surface area contributed by atoms with Crippen LogP contribution in [0.3, 0.4) is 0 Å². The van der Waals surface area contributed by atoms with Crippen molar-refractivity contribution in [1.29, 1.82) is 0 Å². The highest BCUT2D eigenvalue weighted by atomic mass is 32.2. The van der Waals surface area contributed by atoms with Gasteiger partial charge in [-0.3, -0.25) is 4.21 Å². The van der Waals surface area contributed by atoms with E-state index in [9.17, 15) is 4.21 Å². The molecular weight excluding hydrogens is 121 g/mol. The van der Waals surface area contributed by atoms with E-state index in [1.807, 2.05) is 0 Å². The smallest absolute Gasteiger partial charge is 0.257 e. The molecule has 1 unspecified atom stereocenters. The Morgan fingerprint density at radius 1 is 1.75 bits per heavy atom. The zero-order chi connectivity index (χ0) is 6.20. The van der Waals surface area contributed by atoms with Crippen molar-refractivity contribution in [3.05, 3.63) is 0 Å². The van der Waals surface area contributed by atoms with Gasteiger partial charge in [0.2, 0.25) is 0 Å². The minimum absolute atomic E-state index is 0.424. The molecule has 1 atom stereocenters. The molecule has 1 aliphatic rings. The largest absolute Gasteiger partial charge is 0.308 e. The van der Waals surface area contributed by atoms with Crippen molar-refractivity contribution in [2.45, 2.75) is 18.1 Å². The van der Waals surface area contributed by atoms with Crippen LogP contribution in [0.1, 0.15) is 12.8 Å². The molecule has 46 valence electrons. The minimum atomic E-state index is -1.75. The summed E-state index contributed by atoms with van der Waals surface area (Å²) in [4.78, 5) is 0. The van der Waals surface area contributed by atoms with E-state index in [0.717, 1.165) is 12.8 Å². The van der Waals surface area contributed by atoms with Crippen molar-refractivity contribution in [3.8, 4) is 0 Å². The van der Waals surface area contributed by atoms with E-state index in [-0.39, 0.29) is 0 Å². The summed E-state index contributed by atoms with van der Waals surface area (Å²) in [5.74, 6) is 0. The fourth-order valence-electron chi connectivity index (χ4n) is 0.654. The zero-order valence-corrected chi connectivity index (χ0v) is 6.07. The van der Waals surface area contributed by atoms with Crippen LogP contribution in [0.2, 0.25) is 0 Å². The molecule has 0 bridgehead atoms. The van der Waals surface area contributed by atoms with Crippen molar-refractivity contribution >= 4 is 17.7 Å². The summed E-state index contributed by atoms with van der Waals surface area (Å²) in [6.45, 7) is 0. The van der Waals surface area contributed by atoms with Crippen LogP contribution < -0.4 is 0 Å². The molecule has 0 aromatic rings. The molecule has 0 heterocycles. The molecule has 1 fully saturated rings. The predicted octanol–water partition coefficient (Wildman–Crippen LogP) is -0.205. The Bertz CT molecular complexity index is 190. The molecule has 4 heteroatoms. The van der Waals surface area contributed by atoms with E-state index in [1.54, 1.807) is 14.2 Å². The van der Waals surface area contributed by atoms with Crippen LogP contribution in [0.4, 0.5) is 0 Å². The first-order valence-electron chi connectivity index (χ1n) is 2.76. The van der Waals surface area contributed by atoms with Gasteiger partial charge in [-0.15, -0.1) is 0 Å². The summed E-state index contributed by atoms with van der Waals surface area (Å²) in [7, 11) is -0.110. The Morgan fingerprint density at radius 3 is 2.38 bits per heavy atom. The maximum absolute atomic E-state index is 11.2. The third-order valence-corrected chi connectivity index (χ3v) is 3.94. The second-order valence-electron chi connectivity index (χ2n) is 2.24. The maximum atomic E-state index is 11.2. The lowest BCUT2D eigenvalue weighted by Crippen LogP contribution is -2.01. The lowest BCUT2D eigenvalue weighted by atomic mass is 10.5. The van der Waals surface area contributed by atoms with Crippen molar-refractivity contribution in [2.75, 3.05) is 6.26 Å². The molecule has 0 saturated heterocycles. The third-order valence-electron chi connectivity index (χ3n) is 1.51. The Morgan fingerprint density at radius 2 is 2.25 bits per heavy atom. The Kier molecular flexibility index (Phi) is 1.35. The average Bonchev–Trinajstić information content (AvgIpc) is 2.44. The number of hydrogen-bond acceptors (Lipinski definition) is 2. The zero-order valence-electron chi connectivity index (χ0n) is 5.26. The van der Waals surface area contributed by atoms with Gasteiger partial charge in [0.15, 0.2) is 0 Å². The van der Waals surface area contributed by atoms with Crippen LogP contribution in [0.15, 0.2) is 4.27 Å². The summed E-state index contributed by atoms with van der Waals surface area (Å²) < 4.78 is 15.0. The van der Waals surface area contributed by atoms with Crippen molar-refractivity contribution in [3.63, 3.8) is 0 Å². The van der Waals surface area contributed by atoms with Gasteiger partial charge >= 0.3 is 0 Å². The first-order valence-corrected chi connectivity index (χ1v) is 4.74. The summed E-state index contributed by atoms with van der Waals surface area (Å²) in [5.41, 5.74) is 0. The molecule has 1 saturated carbocycles. The molecular formula is C4H10BNOS. The van der Waals surface area contributed by atoms with Gasteiger partial charge < -0.3 is 4.27 Å². The molecule has 0 aromatic heterocycles. The SMILES string of the molecule is BN=S(C)(=O)C1CC1. The lowest BCUT2D eigenvalue weighted by Gasteiger charge is -1.95. The molecule has 0 spiro atoms. The first-order chi connectivity index (χ1) is 3.67. The van der Waals surface area contributed by atoms with Crippen LogP contribution in [0.25, 0.3) is 0 Å². The summed E-state index contributed by atoms with van der Waals surface area (Å²) in [6.07, 6.45) is 3.98. The summed E-state index contributed by atoms with van der Waals surface area (Å²) in [5, 5.41) is 0.424. The molecule has 1 aliphatic carbocycles. The van der Waals surface area contributed by atoms with Gasteiger partial charge in [0.05, 0.1) is 0 Å². The Labute approximate surface area is 51.3 Å². The summed E-state index contributed by atoms with van der Waals surface area (Å²) in [6, 6.07) is 0. The van der Waals surface area contributed by atoms with Gasteiger partial charge in [0.1, 0.15) is 0 Å². The molecule has 2 nitrogen and oxygen atoms in total. The standard InChI is InChI=1S/C4H10BNOS/c1-8(7,6-5)4-2-3-4/h4H,2-3,5H2,1H3. The van der Waals surface area contributed by atoms with Crippen LogP contribution in [-0.4, -0.2) is 23.7 Å². The topological polar surface area (TPSA) is 29.4 Å². The van der Waals surface area contributed by atoms with E-state index in [0.29, 0.717) is 5.25 Å². The fraction of sp³-hybridized carbons (Fsp3) is 1.00. The van der Waals surface area contributed by atoms with Crippen molar-refractivity contribution in [1.82, 2.24) is 0 Å². The van der Waals surface area contributed by atoms with Crippen LogP contribution >= 0.6 is 0 Å². The highest BCUT2D eigenvalue weighted by molar-refractivity contribution is 7.94. The second kappa shape index (κ2) is 1.76. The third kappa shape index (κ3) is 1.05. The van der Waals surface area contributed by atoms with Crippen molar-refractivity contribution < 1.29 is 4.21 Å². The Hall–Kier alpha value is 0.0149. The van der Waals surface area contributed by atoms with E-state index >= 15 is 0 Å². The first kappa shape index (κ1) is 6.14. The monoisotopic (exact) mass is 131 g/mol. The molecule has 0 aliphatic heterocycles. The van der Waals surface area contributed by atoms with E-state index < -0.39 is 9.73 Å². The van der Waals surface area contributed by atoms with E-state index in [4.69, 9.17) is 0 Å². The fourth-order valence-corrected chi connectivity index (χ4v) is 1.96. The minimum Gasteiger partial charge on any atom is -0.308 e. The van der Waals surface area contributed by atoms with Crippen LogP contribution in [0.5, 0.6) is 0 Å². The average molecular weight is 131 g/mol. The van der Waals surface area contributed by atoms with Gasteiger partial charge in [-0.05, 0) is 12.8 Å². The Balaban J connectivity index is 2.80. The van der Waals surface area contributed by atoms with Gasteiger partial charge in [-0.25, -0.2) is 0 Å². The van der Waals surface area contributed by atoms with E-state index in [2.05, 4.69) is 4.27 Å². The molecule has 0 N–H and O–H groups in total. The molecule has 0 amide bonds. The van der Waals surface area contributed by atoms with Crippen LogP contribution in [0, 0.1) is 0 Å². The van der Waals surface area contributed by atoms with Crippen molar-refractivity contribution in [2.24, 2.45) is 4.27 Å². The number of nitrogens with zero attached hydrogens (tertiary/aromatic N) is 1. The quantitative estimate of drug-likeness (QED) is 0.453. The molecule has 0 radical (unpaired) electrons.